The van der Waals surface area contributed by atoms with Crippen molar-refractivity contribution in [3.05, 3.63) is 29.3 Å². The Morgan fingerprint density at radius 1 is 1.32 bits per heavy atom. The number of nitrogens with two attached hydrogens (primary N) is 1. The molecule has 1 aromatic rings. The van der Waals surface area contributed by atoms with Crippen LogP contribution in [0.4, 0.5) is 5.69 Å². The molecule has 0 radical (unpaired) electrons. The second kappa shape index (κ2) is 7.14. The van der Waals surface area contributed by atoms with Gasteiger partial charge in [-0.2, -0.15) is 0 Å². The van der Waals surface area contributed by atoms with Gasteiger partial charge in [0, 0.05) is 32.9 Å². The molecule has 4 heteroatoms. The highest BCUT2D eigenvalue weighted by atomic mass is 16.2. The van der Waals surface area contributed by atoms with E-state index in [2.05, 4.69) is 24.8 Å². The smallest absolute Gasteiger partial charge is 0.241 e. The standard InChI is InChI=1S/C15H25N3O/c1-5-9-18(11-14(19)17(3)4)15-12(2)7-6-8-13(15)10-16/h6-8H,5,9-11,16H2,1-4H3. The predicted octanol–water partition coefficient (Wildman–Crippen LogP) is 1.76. The van der Waals surface area contributed by atoms with Crippen molar-refractivity contribution >= 4 is 11.6 Å². The summed E-state index contributed by atoms with van der Waals surface area (Å²) in [7, 11) is 3.57. The molecule has 1 rings (SSSR count). The van der Waals surface area contributed by atoms with Crippen LogP contribution in [0.1, 0.15) is 24.5 Å². The van der Waals surface area contributed by atoms with E-state index >= 15 is 0 Å². The van der Waals surface area contributed by atoms with E-state index in [4.69, 9.17) is 5.73 Å². The van der Waals surface area contributed by atoms with Crippen LogP contribution in [-0.2, 0) is 11.3 Å². The highest BCUT2D eigenvalue weighted by Gasteiger charge is 2.16. The van der Waals surface area contributed by atoms with E-state index < -0.39 is 0 Å². The van der Waals surface area contributed by atoms with Crippen LogP contribution >= 0.6 is 0 Å². The van der Waals surface area contributed by atoms with Gasteiger partial charge in [-0.25, -0.2) is 0 Å². The monoisotopic (exact) mass is 263 g/mol. The number of likely N-dealkylation sites (N-methyl/N-ethyl adjacent to an activating group) is 1. The first-order valence-corrected chi connectivity index (χ1v) is 6.74. The van der Waals surface area contributed by atoms with Crippen LogP contribution in [0.3, 0.4) is 0 Å². The fourth-order valence-electron chi connectivity index (χ4n) is 2.18. The number of carbonyl (C=O) groups is 1. The molecule has 1 amide bonds. The number of nitrogens with zero attached hydrogens (tertiary/aromatic N) is 2. The van der Waals surface area contributed by atoms with Gasteiger partial charge >= 0.3 is 0 Å². The lowest BCUT2D eigenvalue weighted by molar-refractivity contribution is -0.127. The zero-order chi connectivity index (χ0) is 14.4. The van der Waals surface area contributed by atoms with Gasteiger partial charge in [-0.05, 0) is 24.5 Å². The van der Waals surface area contributed by atoms with Crippen molar-refractivity contribution in [2.75, 3.05) is 32.1 Å². The maximum absolute atomic E-state index is 12.0. The lowest BCUT2D eigenvalue weighted by Gasteiger charge is -2.28. The minimum Gasteiger partial charge on any atom is -0.362 e. The summed E-state index contributed by atoms with van der Waals surface area (Å²) in [6.07, 6.45) is 0.999. The van der Waals surface area contributed by atoms with Crippen molar-refractivity contribution in [3.8, 4) is 0 Å². The number of amides is 1. The van der Waals surface area contributed by atoms with Crippen LogP contribution in [0.15, 0.2) is 18.2 Å². The topological polar surface area (TPSA) is 49.6 Å². The maximum atomic E-state index is 12.0. The Labute approximate surface area is 116 Å². The van der Waals surface area contributed by atoms with E-state index in [1.807, 2.05) is 12.1 Å². The van der Waals surface area contributed by atoms with Crippen LogP contribution in [0, 0.1) is 6.92 Å². The van der Waals surface area contributed by atoms with Gasteiger partial charge in [-0.15, -0.1) is 0 Å². The molecule has 2 N–H and O–H groups in total. The highest BCUT2D eigenvalue weighted by molar-refractivity contribution is 5.81. The molecule has 0 spiro atoms. The molecule has 106 valence electrons. The van der Waals surface area contributed by atoms with Crippen LogP contribution in [0.2, 0.25) is 0 Å². The largest absolute Gasteiger partial charge is 0.362 e. The normalized spacial score (nSPS) is 10.4. The van der Waals surface area contributed by atoms with Crippen molar-refractivity contribution in [2.45, 2.75) is 26.8 Å². The summed E-state index contributed by atoms with van der Waals surface area (Å²) in [5.41, 5.74) is 9.20. The Morgan fingerprint density at radius 2 is 2.00 bits per heavy atom. The summed E-state index contributed by atoms with van der Waals surface area (Å²) in [6.45, 7) is 5.94. The summed E-state index contributed by atoms with van der Waals surface area (Å²) >= 11 is 0. The van der Waals surface area contributed by atoms with Gasteiger partial charge < -0.3 is 15.5 Å². The molecular weight excluding hydrogens is 238 g/mol. The second-order valence-corrected chi connectivity index (χ2v) is 5.00. The first-order chi connectivity index (χ1) is 9.01. The Bertz CT molecular complexity index is 429. The third-order valence-corrected chi connectivity index (χ3v) is 3.18. The number of anilines is 1. The molecule has 0 fully saturated rings. The first kappa shape index (κ1) is 15.5. The van der Waals surface area contributed by atoms with Crippen LogP contribution in [-0.4, -0.2) is 38.0 Å². The Kier molecular flexibility index (Phi) is 5.83. The third kappa shape index (κ3) is 3.96. The molecule has 0 saturated heterocycles. The summed E-state index contributed by atoms with van der Waals surface area (Å²) in [4.78, 5) is 15.7. The van der Waals surface area contributed by atoms with Crippen molar-refractivity contribution in [2.24, 2.45) is 5.73 Å². The third-order valence-electron chi connectivity index (χ3n) is 3.18. The zero-order valence-corrected chi connectivity index (χ0v) is 12.4. The van der Waals surface area contributed by atoms with Crippen LogP contribution in [0.25, 0.3) is 0 Å². The number of benzene rings is 1. The molecule has 0 aliphatic rings. The van der Waals surface area contributed by atoms with E-state index in [0.717, 1.165) is 24.2 Å². The molecule has 0 saturated carbocycles. The Hall–Kier alpha value is -1.55. The lowest BCUT2D eigenvalue weighted by atomic mass is 10.1. The Morgan fingerprint density at radius 3 is 2.53 bits per heavy atom. The number of carbonyl (C=O) groups excluding carboxylic acids is 1. The van der Waals surface area contributed by atoms with E-state index in [1.54, 1.807) is 19.0 Å². The number of hydrogen-bond donors (Lipinski definition) is 1. The SMILES string of the molecule is CCCN(CC(=O)N(C)C)c1c(C)cccc1CN. The van der Waals surface area contributed by atoms with E-state index in [-0.39, 0.29) is 5.91 Å². The molecule has 0 atom stereocenters. The average Bonchev–Trinajstić information content (AvgIpc) is 2.37. The van der Waals surface area contributed by atoms with E-state index in [1.165, 1.54) is 5.56 Å². The summed E-state index contributed by atoms with van der Waals surface area (Å²) in [6, 6.07) is 6.11. The second-order valence-electron chi connectivity index (χ2n) is 5.00. The van der Waals surface area contributed by atoms with Gasteiger partial charge in [0.15, 0.2) is 0 Å². The van der Waals surface area contributed by atoms with Crippen molar-refractivity contribution in [3.63, 3.8) is 0 Å². The van der Waals surface area contributed by atoms with Crippen molar-refractivity contribution in [1.82, 2.24) is 4.90 Å². The molecule has 0 heterocycles. The molecule has 0 aliphatic carbocycles. The minimum absolute atomic E-state index is 0.111. The Balaban J connectivity index is 3.08. The average molecular weight is 263 g/mol. The molecule has 0 aromatic heterocycles. The fraction of sp³-hybridized carbons (Fsp3) is 0.533. The molecule has 0 bridgehead atoms. The number of hydrogen-bond acceptors (Lipinski definition) is 3. The van der Waals surface area contributed by atoms with Crippen molar-refractivity contribution in [1.29, 1.82) is 0 Å². The van der Waals surface area contributed by atoms with E-state index in [0.29, 0.717) is 13.1 Å². The summed E-state index contributed by atoms with van der Waals surface area (Å²) in [5.74, 6) is 0.111. The molecule has 4 nitrogen and oxygen atoms in total. The van der Waals surface area contributed by atoms with Crippen LogP contribution < -0.4 is 10.6 Å². The van der Waals surface area contributed by atoms with Crippen LogP contribution in [0.5, 0.6) is 0 Å². The van der Waals surface area contributed by atoms with Gasteiger partial charge in [-0.3, -0.25) is 4.79 Å². The van der Waals surface area contributed by atoms with Gasteiger partial charge in [-0.1, -0.05) is 25.1 Å². The summed E-state index contributed by atoms with van der Waals surface area (Å²) < 4.78 is 0. The van der Waals surface area contributed by atoms with Gasteiger partial charge in [0.05, 0.1) is 6.54 Å². The lowest BCUT2D eigenvalue weighted by Crippen LogP contribution is -2.38. The number of aryl methyl sites for hydroxylation is 1. The molecular formula is C15H25N3O. The van der Waals surface area contributed by atoms with Gasteiger partial charge in [0.25, 0.3) is 0 Å². The fourth-order valence-corrected chi connectivity index (χ4v) is 2.18. The van der Waals surface area contributed by atoms with Crippen molar-refractivity contribution < 1.29 is 4.79 Å². The summed E-state index contributed by atoms with van der Waals surface area (Å²) in [5, 5.41) is 0. The zero-order valence-electron chi connectivity index (χ0n) is 12.4. The van der Waals surface area contributed by atoms with E-state index in [9.17, 15) is 4.79 Å². The number of para-hydroxylation sites is 1. The maximum Gasteiger partial charge on any atom is 0.241 e. The quantitative estimate of drug-likeness (QED) is 0.851. The molecule has 1 aromatic carbocycles. The first-order valence-electron chi connectivity index (χ1n) is 6.74. The molecule has 19 heavy (non-hydrogen) atoms. The predicted molar refractivity (Wildman–Crippen MR) is 80.3 cm³/mol. The highest BCUT2D eigenvalue weighted by Crippen LogP contribution is 2.25. The van der Waals surface area contributed by atoms with Gasteiger partial charge in [0.2, 0.25) is 5.91 Å². The number of rotatable bonds is 6. The van der Waals surface area contributed by atoms with Gasteiger partial charge in [0.1, 0.15) is 0 Å². The molecule has 0 unspecified atom stereocenters. The minimum atomic E-state index is 0.111. The molecule has 0 aliphatic heterocycles.